The number of carboxylic acids is 1. The molecule has 0 aliphatic carbocycles. The number of aliphatic carboxylic acids is 1. The fourth-order valence-corrected chi connectivity index (χ4v) is 3.34. The number of benzene rings is 1. The van der Waals surface area contributed by atoms with Crippen molar-refractivity contribution in [1.82, 2.24) is 19.7 Å². The second kappa shape index (κ2) is 10.8. The van der Waals surface area contributed by atoms with Crippen LogP contribution in [-0.4, -0.2) is 55.9 Å². The monoisotopic (exact) mass is 479 g/mol. The maximum atomic E-state index is 13.5. The largest absolute Gasteiger partial charge is 0.490 e. The number of pyridine rings is 1. The fourth-order valence-electron chi connectivity index (χ4n) is 3.34. The van der Waals surface area contributed by atoms with Crippen LogP contribution in [0.5, 0.6) is 0 Å². The zero-order chi connectivity index (χ0) is 24.7. The summed E-state index contributed by atoms with van der Waals surface area (Å²) in [7, 11) is 0. The van der Waals surface area contributed by atoms with E-state index in [4.69, 9.17) is 9.90 Å². The summed E-state index contributed by atoms with van der Waals surface area (Å²) in [5.41, 5.74) is 1.33. The molecule has 1 atom stereocenters. The van der Waals surface area contributed by atoms with E-state index in [0.717, 1.165) is 11.5 Å². The number of nitrogens with one attached hydrogen (secondary N) is 1. The van der Waals surface area contributed by atoms with E-state index >= 15 is 0 Å². The molecule has 0 spiro atoms. The molecule has 1 amide bonds. The Bertz CT molecular complexity index is 1120. The van der Waals surface area contributed by atoms with E-state index in [1.165, 1.54) is 12.1 Å². The van der Waals surface area contributed by atoms with E-state index in [0.29, 0.717) is 31.7 Å². The minimum atomic E-state index is -5.08. The van der Waals surface area contributed by atoms with Crippen molar-refractivity contribution in [2.45, 2.75) is 19.3 Å². The van der Waals surface area contributed by atoms with Crippen LogP contribution in [0.25, 0.3) is 0 Å². The predicted octanol–water partition coefficient (Wildman–Crippen LogP) is 3.43. The van der Waals surface area contributed by atoms with Crippen molar-refractivity contribution in [3.63, 3.8) is 0 Å². The number of amides is 1. The number of fused-ring (bicyclic) bond motifs is 1. The number of halogens is 4. The van der Waals surface area contributed by atoms with Gasteiger partial charge in [-0.3, -0.25) is 9.48 Å². The molecule has 0 bridgehead atoms. The second-order valence-electron chi connectivity index (χ2n) is 7.47. The minimum absolute atomic E-state index is 0.144. The summed E-state index contributed by atoms with van der Waals surface area (Å²) in [6.45, 7) is 2.37. The molecule has 4 rings (SSSR count). The molecule has 3 aromatic rings. The van der Waals surface area contributed by atoms with E-state index in [9.17, 15) is 22.4 Å². The molecule has 1 aliphatic heterocycles. The molecule has 0 radical (unpaired) electrons. The summed E-state index contributed by atoms with van der Waals surface area (Å²) in [4.78, 5) is 27.9. The molecule has 0 saturated carbocycles. The lowest BCUT2D eigenvalue weighted by Crippen LogP contribution is -2.36. The highest BCUT2D eigenvalue weighted by molar-refractivity contribution is 5.94. The fraction of sp³-hybridized carbons (Fsp3) is 0.273. The third-order valence-electron chi connectivity index (χ3n) is 4.91. The number of carbonyl (C=O) groups excluding carboxylic acids is 1. The van der Waals surface area contributed by atoms with E-state index < -0.39 is 18.0 Å². The average Bonchev–Trinajstić information content (AvgIpc) is 3.15. The lowest BCUT2D eigenvalue weighted by Gasteiger charge is -2.24. The Balaban J connectivity index is 0.000000406. The van der Waals surface area contributed by atoms with Crippen LogP contribution in [0.1, 0.15) is 16.1 Å². The van der Waals surface area contributed by atoms with Gasteiger partial charge in [0.15, 0.2) is 0 Å². The number of rotatable bonds is 4. The molecule has 1 unspecified atom stereocenters. The molecule has 2 N–H and O–H groups in total. The van der Waals surface area contributed by atoms with E-state index in [1.54, 1.807) is 29.4 Å². The van der Waals surface area contributed by atoms with Crippen molar-refractivity contribution in [3.05, 3.63) is 78.0 Å². The summed E-state index contributed by atoms with van der Waals surface area (Å²) in [6, 6.07) is 13.4. The van der Waals surface area contributed by atoms with Gasteiger partial charge in [-0.1, -0.05) is 12.1 Å². The number of carboxylic acid groups (broad SMARTS) is 1. The highest BCUT2D eigenvalue weighted by Gasteiger charge is 2.38. The highest BCUT2D eigenvalue weighted by Crippen LogP contribution is 2.19. The zero-order valence-electron chi connectivity index (χ0n) is 17.7. The lowest BCUT2D eigenvalue weighted by atomic mass is 10.1. The number of nitrogens with zero attached hydrogens (tertiary/aromatic N) is 4. The Kier molecular flexibility index (Phi) is 7.82. The molecule has 12 heteroatoms. The second-order valence-corrected chi connectivity index (χ2v) is 7.47. The summed E-state index contributed by atoms with van der Waals surface area (Å²) < 4.78 is 47.2. The molecule has 0 saturated heterocycles. The molecule has 0 fully saturated rings. The zero-order valence-corrected chi connectivity index (χ0v) is 17.7. The Morgan fingerprint density at radius 3 is 2.50 bits per heavy atom. The third-order valence-corrected chi connectivity index (χ3v) is 4.91. The first kappa shape index (κ1) is 24.7. The number of hydrogen-bond acceptors (Lipinski definition) is 5. The SMILES string of the molecule is O=C(O)C(F)(F)F.O=C(c1cccc(F)c1)N1Cc2ccnn2CC(CNc2ccccn2)C1. The third kappa shape index (κ3) is 6.77. The first-order chi connectivity index (χ1) is 16.1. The predicted molar refractivity (Wildman–Crippen MR) is 113 cm³/mol. The minimum Gasteiger partial charge on any atom is -0.475 e. The van der Waals surface area contributed by atoms with Crippen molar-refractivity contribution in [2.75, 3.05) is 18.4 Å². The average molecular weight is 479 g/mol. The van der Waals surface area contributed by atoms with Crippen molar-refractivity contribution in [1.29, 1.82) is 0 Å². The first-order valence-corrected chi connectivity index (χ1v) is 10.1. The molecule has 180 valence electrons. The molecular formula is C22H21F4N5O3. The van der Waals surface area contributed by atoms with Gasteiger partial charge in [-0.25, -0.2) is 14.2 Å². The Labute approximate surface area is 191 Å². The summed E-state index contributed by atoms with van der Waals surface area (Å²) in [5.74, 6) is -2.40. The summed E-state index contributed by atoms with van der Waals surface area (Å²) in [6.07, 6.45) is -1.60. The van der Waals surface area contributed by atoms with Crippen molar-refractivity contribution in [2.24, 2.45) is 5.92 Å². The number of alkyl halides is 3. The van der Waals surface area contributed by atoms with E-state index in [-0.39, 0.29) is 11.8 Å². The Morgan fingerprint density at radius 2 is 1.85 bits per heavy atom. The first-order valence-electron chi connectivity index (χ1n) is 10.1. The van der Waals surface area contributed by atoms with Crippen LogP contribution in [0.2, 0.25) is 0 Å². The maximum Gasteiger partial charge on any atom is 0.490 e. The van der Waals surface area contributed by atoms with Gasteiger partial charge in [-0.05, 0) is 36.4 Å². The van der Waals surface area contributed by atoms with Gasteiger partial charge in [-0.2, -0.15) is 18.3 Å². The molecule has 34 heavy (non-hydrogen) atoms. The maximum absolute atomic E-state index is 13.5. The van der Waals surface area contributed by atoms with Gasteiger partial charge in [0.25, 0.3) is 5.91 Å². The molecule has 1 aromatic carbocycles. The molecule has 2 aromatic heterocycles. The van der Waals surface area contributed by atoms with E-state index in [2.05, 4.69) is 15.4 Å². The lowest BCUT2D eigenvalue weighted by molar-refractivity contribution is -0.192. The number of anilines is 1. The molecule has 1 aliphatic rings. The standard InChI is InChI=1S/C20H20FN5O.C2HF3O2/c21-17-5-3-4-16(10-17)20(27)25-12-15(11-23-19-6-1-2-8-22-19)13-26-18(14-25)7-9-24-26;3-2(4,5)1(6)7/h1-10,15H,11-14H2,(H,22,23);(H,6,7). The van der Waals surface area contributed by atoms with Crippen molar-refractivity contribution < 1.29 is 32.3 Å². The Hall–Kier alpha value is -3.96. The van der Waals surface area contributed by atoms with Crippen LogP contribution in [0.3, 0.4) is 0 Å². The topological polar surface area (TPSA) is 100 Å². The number of carbonyl (C=O) groups is 2. The van der Waals surface area contributed by atoms with E-state index in [1.807, 2.05) is 28.9 Å². The smallest absolute Gasteiger partial charge is 0.475 e. The van der Waals surface area contributed by atoms with Crippen molar-refractivity contribution in [3.8, 4) is 0 Å². The summed E-state index contributed by atoms with van der Waals surface area (Å²) in [5, 5.41) is 14.8. The van der Waals surface area contributed by atoms with Gasteiger partial charge >= 0.3 is 12.1 Å². The van der Waals surface area contributed by atoms with Gasteiger partial charge in [0, 0.05) is 43.5 Å². The normalized spacial score (nSPS) is 15.4. The van der Waals surface area contributed by atoms with Gasteiger partial charge in [-0.15, -0.1) is 0 Å². The van der Waals surface area contributed by atoms with Gasteiger partial charge in [0.2, 0.25) is 0 Å². The van der Waals surface area contributed by atoms with Gasteiger partial charge < -0.3 is 15.3 Å². The van der Waals surface area contributed by atoms with Crippen LogP contribution in [0.4, 0.5) is 23.4 Å². The van der Waals surface area contributed by atoms with Crippen LogP contribution in [0, 0.1) is 11.7 Å². The van der Waals surface area contributed by atoms with Crippen LogP contribution >= 0.6 is 0 Å². The molecular weight excluding hydrogens is 458 g/mol. The Morgan fingerprint density at radius 1 is 1.09 bits per heavy atom. The van der Waals surface area contributed by atoms with Crippen LogP contribution < -0.4 is 5.32 Å². The van der Waals surface area contributed by atoms with Gasteiger partial charge in [0.1, 0.15) is 11.6 Å². The number of hydrogen-bond donors (Lipinski definition) is 2. The van der Waals surface area contributed by atoms with Crippen molar-refractivity contribution >= 4 is 17.7 Å². The van der Waals surface area contributed by atoms with Crippen LogP contribution in [-0.2, 0) is 17.9 Å². The molecule has 3 heterocycles. The quantitative estimate of drug-likeness (QED) is 0.557. The van der Waals surface area contributed by atoms with Gasteiger partial charge in [0.05, 0.1) is 12.2 Å². The molecule has 8 nitrogen and oxygen atoms in total. The number of aromatic nitrogens is 3. The summed E-state index contributed by atoms with van der Waals surface area (Å²) >= 11 is 0. The highest BCUT2D eigenvalue weighted by atomic mass is 19.4. The van der Waals surface area contributed by atoms with Crippen LogP contribution in [0.15, 0.2) is 60.9 Å².